The predicted molar refractivity (Wildman–Crippen MR) is 118 cm³/mol. The molecule has 1 saturated heterocycles. The van der Waals surface area contributed by atoms with Gasteiger partial charge in [0.25, 0.3) is 5.91 Å². The number of hydrogen-bond acceptors (Lipinski definition) is 5. The fraction of sp³-hybridized carbons (Fsp3) is 0.520. The van der Waals surface area contributed by atoms with Crippen molar-refractivity contribution in [1.82, 2.24) is 5.32 Å². The van der Waals surface area contributed by atoms with Crippen LogP contribution in [0.2, 0.25) is 0 Å². The number of nitrogens with one attached hydrogen (secondary N) is 1. The van der Waals surface area contributed by atoms with Gasteiger partial charge in [-0.2, -0.15) is 0 Å². The van der Waals surface area contributed by atoms with Crippen molar-refractivity contribution >= 4 is 11.7 Å². The number of rotatable bonds is 7. The van der Waals surface area contributed by atoms with Crippen molar-refractivity contribution in [3.63, 3.8) is 0 Å². The first-order valence-electron chi connectivity index (χ1n) is 10.9. The number of ketones is 1. The van der Waals surface area contributed by atoms with E-state index in [1.807, 2.05) is 44.2 Å². The van der Waals surface area contributed by atoms with Gasteiger partial charge in [-0.05, 0) is 44.7 Å². The molecule has 6 heteroatoms. The number of hydrogen-bond donors (Lipinski definition) is 4. The summed E-state index contributed by atoms with van der Waals surface area (Å²) in [4.78, 5) is 25.0. The number of Topliss-reactive ketones (excluding diaryl/α,β-unsaturated/α-hetero) is 1. The molecule has 0 radical (unpaired) electrons. The van der Waals surface area contributed by atoms with Crippen molar-refractivity contribution in [2.75, 3.05) is 0 Å². The van der Waals surface area contributed by atoms with E-state index in [0.29, 0.717) is 12.8 Å². The highest BCUT2D eigenvalue weighted by molar-refractivity contribution is 5.90. The van der Waals surface area contributed by atoms with Gasteiger partial charge >= 0.3 is 0 Å². The molecule has 1 aliphatic heterocycles. The lowest BCUT2D eigenvalue weighted by atomic mass is 9.63. The SMILES string of the molecule is CC1=C(C)[C@H]2[C@H](Cc3ccccc3)NC(=O)[C@@]2(O)C(/C=C/C[C@H](C)C(=O)[C@H](C)O)[C@@H]1O. The van der Waals surface area contributed by atoms with Crippen LogP contribution in [0.5, 0.6) is 0 Å². The molecule has 1 aromatic carbocycles. The van der Waals surface area contributed by atoms with Crippen molar-refractivity contribution in [1.29, 1.82) is 0 Å². The maximum absolute atomic E-state index is 13.0. The van der Waals surface area contributed by atoms with Gasteiger partial charge in [-0.25, -0.2) is 0 Å². The zero-order valence-corrected chi connectivity index (χ0v) is 18.6. The molecule has 6 nitrogen and oxygen atoms in total. The summed E-state index contributed by atoms with van der Waals surface area (Å²) in [6.07, 6.45) is 2.27. The first kappa shape index (κ1) is 23.4. The molecule has 1 fully saturated rings. The summed E-state index contributed by atoms with van der Waals surface area (Å²) in [6.45, 7) is 6.87. The molecule has 31 heavy (non-hydrogen) atoms. The van der Waals surface area contributed by atoms with Gasteiger partial charge in [0.2, 0.25) is 0 Å². The number of amides is 1. The second kappa shape index (κ2) is 9.07. The Morgan fingerprint density at radius 3 is 2.45 bits per heavy atom. The number of allylic oxidation sites excluding steroid dienone is 1. The Kier molecular flexibility index (Phi) is 6.84. The Morgan fingerprint density at radius 1 is 1.19 bits per heavy atom. The van der Waals surface area contributed by atoms with E-state index in [4.69, 9.17) is 0 Å². The average Bonchev–Trinajstić information content (AvgIpc) is 2.99. The van der Waals surface area contributed by atoms with E-state index in [1.165, 1.54) is 6.92 Å². The Morgan fingerprint density at radius 2 is 1.84 bits per heavy atom. The highest BCUT2D eigenvalue weighted by atomic mass is 16.3. The zero-order chi connectivity index (χ0) is 22.9. The minimum Gasteiger partial charge on any atom is -0.388 e. The fourth-order valence-electron chi connectivity index (χ4n) is 5.04. The van der Waals surface area contributed by atoms with E-state index in [-0.39, 0.29) is 11.8 Å². The normalized spacial score (nSPS) is 32.7. The molecule has 7 atom stereocenters. The number of aliphatic hydroxyl groups excluding tert-OH is 2. The third kappa shape index (κ3) is 4.25. The lowest BCUT2D eigenvalue weighted by Crippen LogP contribution is -2.56. The first-order valence-corrected chi connectivity index (χ1v) is 10.9. The number of carbonyl (C=O) groups excluding carboxylic acids is 2. The second-order valence-corrected chi connectivity index (χ2v) is 9.05. The average molecular weight is 428 g/mol. The molecule has 0 saturated carbocycles. The molecule has 1 unspecified atom stereocenters. The highest BCUT2D eigenvalue weighted by Gasteiger charge is 2.62. The van der Waals surface area contributed by atoms with E-state index in [2.05, 4.69) is 5.32 Å². The lowest BCUT2D eigenvalue weighted by molar-refractivity contribution is -0.147. The van der Waals surface area contributed by atoms with Crippen molar-refractivity contribution in [3.8, 4) is 0 Å². The van der Waals surface area contributed by atoms with Crippen LogP contribution in [-0.4, -0.2) is 50.9 Å². The van der Waals surface area contributed by atoms with E-state index < -0.39 is 41.5 Å². The first-order chi connectivity index (χ1) is 14.6. The lowest BCUT2D eigenvalue weighted by Gasteiger charge is -2.43. The molecule has 1 heterocycles. The van der Waals surface area contributed by atoms with Crippen LogP contribution in [-0.2, 0) is 16.0 Å². The molecule has 168 valence electrons. The smallest absolute Gasteiger partial charge is 0.253 e. The van der Waals surface area contributed by atoms with Crippen molar-refractivity contribution < 1.29 is 24.9 Å². The van der Waals surface area contributed by atoms with Crippen LogP contribution >= 0.6 is 0 Å². The van der Waals surface area contributed by atoms with Gasteiger partial charge in [-0.1, -0.05) is 55.0 Å². The van der Waals surface area contributed by atoms with Crippen LogP contribution in [0.4, 0.5) is 0 Å². The van der Waals surface area contributed by atoms with Crippen LogP contribution in [0.3, 0.4) is 0 Å². The van der Waals surface area contributed by atoms with Crippen molar-refractivity contribution in [3.05, 3.63) is 59.2 Å². The van der Waals surface area contributed by atoms with E-state index in [1.54, 1.807) is 19.1 Å². The van der Waals surface area contributed by atoms with E-state index >= 15 is 0 Å². The Bertz CT molecular complexity index is 890. The van der Waals surface area contributed by atoms with Crippen LogP contribution < -0.4 is 5.32 Å². The van der Waals surface area contributed by atoms with E-state index in [9.17, 15) is 24.9 Å². The van der Waals surface area contributed by atoms with E-state index in [0.717, 1.165) is 16.7 Å². The van der Waals surface area contributed by atoms with Gasteiger partial charge in [0, 0.05) is 23.8 Å². The van der Waals surface area contributed by atoms with Gasteiger partial charge < -0.3 is 20.6 Å². The summed E-state index contributed by atoms with van der Waals surface area (Å²) >= 11 is 0. The Hall–Kier alpha value is -2.28. The summed E-state index contributed by atoms with van der Waals surface area (Å²) in [5.74, 6) is -2.43. The summed E-state index contributed by atoms with van der Waals surface area (Å²) < 4.78 is 0. The molecule has 1 aromatic rings. The maximum Gasteiger partial charge on any atom is 0.253 e. The topological polar surface area (TPSA) is 107 Å². The molecular weight excluding hydrogens is 394 g/mol. The van der Waals surface area contributed by atoms with Crippen LogP contribution in [0.15, 0.2) is 53.6 Å². The third-order valence-electron chi connectivity index (χ3n) is 6.97. The van der Waals surface area contributed by atoms with Crippen molar-refractivity contribution in [2.45, 2.75) is 64.4 Å². The number of fused-ring (bicyclic) bond motifs is 1. The van der Waals surface area contributed by atoms with Gasteiger partial charge in [0.1, 0.15) is 6.10 Å². The summed E-state index contributed by atoms with van der Waals surface area (Å²) in [5, 5.41) is 35.0. The zero-order valence-electron chi connectivity index (χ0n) is 18.6. The van der Waals surface area contributed by atoms with Crippen molar-refractivity contribution in [2.24, 2.45) is 17.8 Å². The largest absolute Gasteiger partial charge is 0.388 e. The molecule has 0 spiro atoms. The molecule has 3 rings (SSSR count). The summed E-state index contributed by atoms with van der Waals surface area (Å²) in [7, 11) is 0. The Labute approximate surface area is 183 Å². The Balaban J connectivity index is 1.89. The standard InChI is InChI=1S/C25H33NO5/c1-14(22(28)17(4)27)9-8-12-19-23(29)16(3)15(2)21-20(26-24(30)25(19,21)31)13-18-10-6-5-7-11-18/h5-8,10-12,14,17,19-21,23,27,29,31H,9,13H2,1-4H3,(H,26,30)/b12-8+/t14-,17-,19?,20-,21-,23+,25+/m0/s1. The van der Waals surface area contributed by atoms with Gasteiger partial charge in [0.05, 0.1) is 6.10 Å². The maximum atomic E-state index is 13.0. The third-order valence-corrected chi connectivity index (χ3v) is 6.97. The van der Waals surface area contributed by atoms with Crippen LogP contribution in [0.25, 0.3) is 0 Å². The molecule has 4 N–H and O–H groups in total. The van der Waals surface area contributed by atoms with Gasteiger partial charge in [-0.3, -0.25) is 9.59 Å². The molecular formula is C25H33NO5. The molecule has 2 aliphatic rings. The highest BCUT2D eigenvalue weighted by Crippen LogP contribution is 2.48. The minimum atomic E-state index is -1.77. The monoisotopic (exact) mass is 427 g/mol. The fourth-order valence-corrected chi connectivity index (χ4v) is 5.04. The molecule has 0 aromatic heterocycles. The number of benzene rings is 1. The molecule has 0 bridgehead atoms. The molecule has 1 aliphatic carbocycles. The predicted octanol–water partition coefficient (Wildman–Crippen LogP) is 1.93. The van der Waals surface area contributed by atoms with Gasteiger partial charge in [-0.15, -0.1) is 0 Å². The second-order valence-electron chi connectivity index (χ2n) is 9.05. The number of aliphatic hydroxyl groups is 3. The minimum absolute atomic E-state index is 0.265. The van der Waals surface area contributed by atoms with Crippen LogP contribution in [0.1, 0.15) is 39.7 Å². The quantitative estimate of drug-likeness (QED) is 0.498. The van der Waals surface area contributed by atoms with Crippen LogP contribution in [0, 0.1) is 17.8 Å². The summed E-state index contributed by atoms with van der Waals surface area (Å²) in [6, 6.07) is 9.52. The summed E-state index contributed by atoms with van der Waals surface area (Å²) in [5.41, 5.74) is 0.881. The molecule has 1 amide bonds. The number of carbonyl (C=O) groups is 2. The van der Waals surface area contributed by atoms with Gasteiger partial charge in [0.15, 0.2) is 11.4 Å².